The normalized spacial score (nSPS) is 15.2. The summed E-state index contributed by atoms with van der Waals surface area (Å²) in [5.74, 6) is -2.88. The number of rotatable bonds is 2. The van der Waals surface area contributed by atoms with E-state index in [9.17, 15) is 18.4 Å². The highest BCUT2D eigenvalue weighted by Crippen LogP contribution is 2.38. The van der Waals surface area contributed by atoms with E-state index in [1.54, 1.807) is 41.8 Å². The maximum Gasteiger partial charge on any atom is 0.349 e. The van der Waals surface area contributed by atoms with E-state index >= 15 is 0 Å². The predicted molar refractivity (Wildman–Crippen MR) is 113 cm³/mol. The van der Waals surface area contributed by atoms with Gasteiger partial charge in [-0.05, 0) is 25.1 Å². The molecule has 1 aliphatic heterocycles. The van der Waals surface area contributed by atoms with Crippen molar-refractivity contribution in [3.05, 3.63) is 74.7 Å². The van der Waals surface area contributed by atoms with E-state index in [0.717, 1.165) is 6.07 Å². The van der Waals surface area contributed by atoms with Crippen LogP contribution >= 0.6 is 0 Å². The van der Waals surface area contributed by atoms with Crippen molar-refractivity contribution in [2.24, 2.45) is 0 Å². The van der Waals surface area contributed by atoms with E-state index in [2.05, 4.69) is 10.2 Å². The van der Waals surface area contributed by atoms with Gasteiger partial charge in [0, 0.05) is 11.5 Å². The largest absolute Gasteiger partial charge is 0.486 e. The van der Waals surface area contributed by atoms with E-state index in [1.165, 1.54) is 6.07 Å². The Balaban J connectivity index is 1.58. The molecule has 8 nitrogen and oxygen atoms in total. The van der Waals surface area contributed by atoms with Crippen molar-refractivity contribution in [3.8, 4) is 28.8 Å². The van der Waals surface area contributed by atoms with Crippen LogP contribution in [0.4, 0.5) is 8.78 Å². The minimum Gasteiger partial charge on any atom is -0.486 e. The molecule has 6 rings (SSSR count). The summed E-state index contributed by atoms with van der Waals surface area (Å²) in [5.41, 5.74) is -0.479. The molecule has 0 N–H and O–H groups in total. The van der Waals surface area contributed by atoms with Crippen LogP contribution in [0.5, 0.6) is 5.75 Å². The van der Waals surface area contributed by atoms with E-state index in [0.29, 0.717) is 11.0 Å². The summed E-state index contributed by atoms with van der Waals surface area (Å²) in [6.07, 6.45) is 0. The second-order valence-electron chi connectivity index (χ2n) is 7.72. The molecule has 1 atom stereocenters. The first-order valence-electron chi connectivity index (χ1n) is 9.99. The molecule has 2 aromatic carbocycles. The molecule has 33 heavy (non-hydrogen) atoms. The summed E-state index contributed by atoms with van der Waals surface area (Å²) in [5, 5.41) is 8.59. The fraction of sp³-hybridized carbons (Fsp3) is 0.130. The highest BCUT2D eigenvalue weighted by molar-refractivity contribution is 5.88. The minimum absolute atomic E-state index is 0.0332. The van der Waals surface area contributed by atoms with Crippen molar-refractivity contribution in [1.82, 2.24) is 14.8 Å². The Bertz CT molecular complexity index is 1720. The van der Waals surface area contributed by atoms with Gasteiger partial charge in [-0.1, -0.05) is 18.2 Å². The number of para-hydroxylation sites is 1. The molecule has 1 aliphatic rings. The average Bonchev–Trinajstić information content (AvgIpc) is 3.29. The van der Waals surface area contributed by atoms with Crippen molar-refractivity contribution in [3.63, 3.8) is 0 Å². The highest BCUT2D eigenvalue weighted by atomic mass is 19.2. The van der Waals surface area contributed by atoms with Crippen molar-refractivity contribution >= 4 is 21.9 Å². The molecule has 5 aromatic rings. The van der Waals surface area contributed by atoms with Crippen molar-refractivity contribution in [1.29, 1.82) is 0 Å². The number of pyridine rings is 1. The van der Waals surface area contributed by atoms with Crippen molar-refractivity contribution in [2.75, 3.05) is 6.61 Å². The van der Waals surface area contributed by atoms with Gasteiger partial charge in [-0.3, -0.25) is 4.79 Å². The second kappa shape index (κ2) is 6.83. The van der Waals surface area contributed by atoms with Crippen LogP contribution in [0.25, 0.3) is 44.9 Å². The maximum absolute atomic E-state index is 14.4. The first kappa shape index (κ1) is 19.4. The van der Waals surface area contributed by atoms with E-state index < -0.39 is 22.7 Å². The lowest BCUT2D eigenvalue weighted by atomic mass is 10.1. The van der Waals surface area contributed by atoms with Gasteiger partial charge in [-0.15, -0.1) is 10.2 Å². The van der Waals surface area contributed by atoms with Crippen molar-refractivity contribution < 1.29 is 22.4 Å². The number of fused-ring (bicyclic) bond motifs is 1. The van der Waals surface area contributed by atoms with Gasteiger partial charge in [-0.25, -0.2) is 9.18 Å². The summed E-state index contributed by atoms with van der Waals surface area (Å²) in [7, 11) is 0. The van der Waals surface area contributed by atoms with Gasteiger partial charge in [0.25, 0.3) is 11.8 Å². The number of aromatic nitrogens is 3. The van der Waals surface area contributed by atoms with Crippen LogP contribution in [0.2, 0.25) is 0 Å². The molecule has 0 bridgehead atoms. The zero-order chi connectivity index (χ0) is 22.9. The minimum atomic E-state index is -1.18. The van der Waals surface area contributed by atoms with Crippen LogP contribution < -0.4 is 15.8 Å². The lowest BCUT2D eigenvalue weighted by Crippen LogP contribution is -2.25. The van der Waals surface area contributed by atoms with Crippen LogP contribution in [-0.4, -0.2) is 21.4 Å². The number of benzene rings is 2. The molecule has 0 amide bonds. The maximum atomic E-state index is 14.4. The molecule has 10 heteroatoms. The lowest BCUT2D eigenvalue weighted by molar-refractivity contribution is 0.234. The molecule has 1 unspecified atom stereocenters. The van der Waals surface area contributed by atoms with Gasteiger partial charge in [0.2, 0.25) is 5.82 Å². The summed E-state index contributed by atoms with van der Waals surface area (Å²) < 4.78 is 46.5. The van der Waals surface area contributed by atoms with Gasteiger partial charge in [0.1, 0.15) is 23.4 Å². The third-order valence-corrected chi connectivity index (χ3v) is 5.61. The summed E-state index contributed by atoms with van der Waals surface area (Å²) >= 11 is 0. The van der Waals surface area contributed by atoms with Crippen LogP contribution in [0.3, 0.4) is 0 Å². The van der Waals surface area contributed by atoms with Crippen LogP contribution in [0.1, 0.15) is 13.0 Å². The predicted octanol–water partition coefficient (Wildman–Crippen LogP) is 4.06. The van der Waals surface area contributed by atoms with Gasteiger partial charge in [0.15, 0.2) is 17.0 Å². The van der Waals surface area contributed by atoms with Gasteiger partial charge in [-0.2, -0.15) is 4.39 Å². The molecule has 0 saturated carbocycles. The third-order valence-electron chi connectivity index (χ3n) is 5.61. The van der Waals surface area contributed by atoms with Crippen LogP contribution in [-0.2, 0) is 0 Å². The Labute approximate surface area is 182 Å². The smallest absolute Gasteiger partial charge is 0.349 e. The molecule has 0 radical (unpaired) electrons. The fourth-order valence-corrected chi connectivity index (χ4v) is 4.09. The molecule has 164 valence electrons. The lowest BCUT2D eigenvalue weighted by Gasteiger charge is -2.28. The Morgan fingerprint density at radius 1 is 1.03 bits per heavy atom. The second-order valence-corrected chi connectivity index (χ2v) is 7.72. The number of hydrogen-bond acceptors (Lipinski definition) is 7. The molecule has 0 spiro atoms. The van der Waals surface area contributed by atoms with Crippen LogP contribution in [0, 0.1) is 11.6 Å². The monoisotopic (exact) mass is 449 g/mol. The number of halogens is 2. The van der Waals surface area contributed by atoms with E-state index in [-0.39, 0.29) is 52.3 Å². The average molecular weight is 449 g/mol. The number of nitrogens with zero attached hydrogens (tertiary/aromatic N) is 3. The Morgan fingerprint density at radius 3 is 2.67 bits per heavy atom. The fourth-order valence-electron chi connectivity index (χ4n) is 4.09. The standard InChI is InChI=1S/C23H13F2N3O5/c1-10-9-31-20-18(25)14(24)7-12-16(29)8-15(28(10)19(12)20)22-27-26-21(33-22)13-6-11-4-2-3-5-17(11)32-23(13)30/h2-8,10H,9H2,1H3. The molecule has 0 aliphatic carbocycles. The summed E-state index contributed by atoms with van der Waals surface area (Å²) in [6.45, 7) is 1.82. The van der Waals surface area contributed by atoms with Gasteiger partial charge >= 0.3 is 5.63 Å². The summed E-state index contributed by atoms with van der Waals surface area (Å²) in [4.78, 5) is 25.2. The molecule has 3 aromatic heterocycles. The zero-order valence-electron chi connectivity index (χ0n) is 17.0. The summed E-state index contributed by atoms with van der Waals surface area (Å²) in [6, 6.07) is 10.2. The van der Waals surface area contributed by atoms with E-state index in [4.69, 9.17) is 13.6 Å². The molecular formula is C23H13F2N3O5. The third kappa shape index (κ3) is 2.80. The quantitative estimate of drug-likeness (QED) is 0.375. The topological polar surface area (TPSA) is 100 Å². The Morgan fingerprint density at radius 2 is 1.82 bits per heavy atom. The van der Waals surface area contributed by atoms with Crippen molar-refractivity contribution in [2.45, 2.75) is 13.0 Å². The first-order valence-corrected chi connectivity index (χ1v) is 9.99. The Kier molecular flexibility index (Phi) is 4.00. The zero-order valence-corrected chi connectivity index (χ0v) is 17.0. The van der Waals surface area contributed by atoms with Gasteiger partial charge < -0.3 is 18.1 Å². The molecule has 4 heterocycles. The molecule has 0 saturated heterocycles. The first-order chi connectivity index (χ1) is 15.9. The Hall–Kier alpha value is -4.34. The van der Waals surface area contributed by atoms with E-state index in [1.807, 2.05) is 0 Å². The number of hydrogen-bond donors (Lipinski definition) is 0. The van der Waals surface area contributed by atoms with Gasteiger partial charge in [0.05, 0.1) is 16.9 Å². The number of ether oxygens (including phenoxy) is 1. The SMILES string of the molecule is CC1COc2c(F)c(F)cc3c(=O)cc(-c4nnc(-c5cc6ccccc6oc5=O)o4)n1c23. The van der Waals surface area contributed by atoms with Crippen LogP contribution in [0.15, 0.2) is 60.9 Å². The molecular weight excluding hydrogens is 436 g/mol. The molecule has 0 fully saturated rings. The highest BCUT2D eigenvalue weighted by Gasteiger charge is 2.29.